The fourth-order valence-electron chi connectivity index (χ4n) is 3.34. The molecule has 36 heavy (non-hydrogen) atoms. The Labute approximate surface area is 213 Å². The minimum atomic E-state index is -1.10. The number of nitro benzene ring substituents is 1. The number of nitrogens with one attached hydrogen (secondary N) is 1. The van der Waals surface area contributed by atoms with Crippen LogP contribution < -0.4 is 10.1 Å². The van der Waals surface area contributed by atoms with Gasteiger partial charge in [0.15, 0.2) is 5.69 Å². The summed E-state index contributed by atoms with van der Waals surface area (Å²) in [5.41, 5.74) is 1.46. The van der Waals surface area contributed by atoms with Crippen LogP contribution >= 0.6 is 22.7 Å². The Morgan fingerprint density at radius 1 is 1.11 bits per heavy atom. The summed E-state index contributed by atoms with van der Waals surface area (Å²) in [6.45, 7) is 2.03. The summed E-state index contributed by atoms with van der Waals surface area (Å²) >= 11 is 2.54. The molecule has 2 aromatic carbocycles. The Balaban J connectivity index is 1.43. The topological polar surface area (TPSA) is 145 Å². The van der Waals surface area contributed by atoms with Gasteiger partial charge in [-0.3, -0.25) is 14.9 Å². The summed E-state index contributed by atoms with van der Waals surface area (Å²) in [6.07, 6.45) is 0.393. The standard InChI is InChI=1S/C24H20N4O6S2/c1-14-7-8-16(20(28(32)33)21(14)34-11-15-5-3-2-4-6-15)22(29)25-10-9-19-26-17(12-35-19)23-27-18(13-36-23)24(30)31/h2-8,12-13H,9-11H2,1H3,(H,25,29)(H,30,31). The Morgan fingerprint density at radius 2 is 1.89 bits per heavy atom. The number of aryl methyl sites for hydroxylation is 1. The zero-order valence-electron chi connectivity index (χ0n) is 19.0. The van der Waals surface area contributed by atoms with E-state index in [1.54, 1.807) is 18.4 Å². The molecule has 4 rings (SSSR count). The van der Waals surface area contributed by atoms with Crippen molar-refractivity contribution in [3.63, 3.8) is 0 Å². The van der Waals surface area contributed by atoms with E-state index in [4.69, 9.17) is 9.84 Å². The lowest BCUT2D eigenvalue weighted by atomic mass is 10.1. The van der Waals surface area contributed by atoms with Crippen molar-refractivity contribution in [3.8, 4) is 16.5 Å². The van der Waals surface area contributed by atoms with Gasteiger partial charge in [-0.1, -0.05) is 36.4 Å². The summed E-state index contributed by atoms with van der Waals surface area (Å²) < 4.78 is 5.77. The highest BCUT2D eigenvalue weighted by Crippen LogP contribution is 2.35. The van der Waals surface area contributed by atoms with E-state index < -0.39 is 16.8 Å². The number of ether oxygens (including phenoxy) is 1. The van der Waals surface area contributed by atoms with E-state index in [0.29, 0.717) is 27.7 Å². The highest BCUT2D eigenvalue weighted by molar-refractivity contribution is 7.14. The van der Waals surface area contributed by atoms with Gasteiger partial charge in [-0.15, -0.1) is 22.7 Å². The second-order valence-electron chi connectivity index (χ2n) is 7.61. The van der Waals surface area contributed by atoms with Gasteiger partial charge in [-0.25, -0.2) is 14.8 Å². The van der Waals surface area contributed by atoms with E-state index in [-0.39, 0.29) is 35.8 Å². The van der Waals surface area contributed by atoms with Gasteiger partial charge in [0.05, 0.1) is 9.93 Å². The largest absolute Gasteiger partial charge is 0.482 e. The van der Waals surface area contributed by atoms with Gasteiger partial charge < -0.3 is 15.2 Å². The zero-order chi connectivity index (χ0) is 25.7. The summed E-state index contributed by atoms with van der Waals surface area (Å²) in [5, 5.41) is 28.0. The van der Waals surface area contributed by atoms with Gasteiger partial charge in [0, 0.05) is 23.7 Å². The van der Waals surface area contributed by atoms with Gasteiger partial charge in [0.25, 0.3) is 5.91 Å². The molecular weight excluding hydrogens is 504 g/mol. The highest BCUT2D eigenvalue weighted by Gasteiger charge is 2.27. The van der Waals surface area contributed by atoms with E-state index in [2.05, 4.69) is 15.3 Å². The smallest absolute Gasteiger partial charge is 0.355 e. The van der Waals surface area contributed by atoms with Crippen molar-refractivity contribution in [2.75, 3.05) is 6.54 Å². The Morgan fingerprint density at radius 3 is 2.58 bits per heavy atom. The first-order valence-electron chi connectivity index (χ1n) is 10.7. The lowest BCUT2D eigenvalue weighted by Crippen LogP contribution is -2.26. The fraction of sp³-hybridized carbons (Fsp3) is 0.167. The Hall–Kier alpha value is -4.16. The number of aromatic nitrogens is 2. The number of aromatic carboxylic acids is 1. The van der Waals surface area contributed by atoms with Crippen molar-refractivity contribution in [2.24, 2.45) is 0 Å². The van der Waals surface area contributed by atoms with Crippen LogP contribution in [0.1, 0.15) is 37.0 Å². The molecule has 10 nitrogen and oxygen atoms in total. The molecule has 0 bridgehead atoms. The number of amides is 1. The predicted molar refractivity (Wildman–Crippen MR) is 135 cm³/mol. The quantitative estimate of drug-likeness (QED) is 0.224. The number of hydrogen-bond acceptors (Lipinski definition) is 9. The Kier molecular flexibility index (Phi) is 7.66. The number of hydrogen-bond donors (Lipinski definition) is 2. The molecule has 0 spiro atoms. The monoisotopic (exact) mass is 524 g/mol. The van der Waals surface area contributed by atoms with Crippen LogP contribution in [0.25, 0.3) is 10.7 Å². The molecule has 184 valence electrons. The maximum atomic E-state index is 12.8. The molecule has 0 unspecified atom stereocenters. The van der Waals surface area contributed by atoms with E-state index in [1.807, 2.05) is 30.3 Å². The van der Waals surface area contributed by atoms with Crippen LogP contribution in [-0.4, -0.2) is 38.4 Å². The summed E-state index contributed by atoms with van der Waals surface area (Å²) in [5.74, 6) is -1.63. The number of nitro groups is 1. The normalized spacial score (nSPS) is 10.7. The van der Waals surface area contributed by atoms with Crippen LogP contribution in [0.3, 0.4) is 0 Å². The molecule has 2 heterocycles. The average Bonchev–Trinajstić information content (AvgIpc) is 3.53. The van der Waals surface area contributed by atoms with Gasteiger partial charge in [-0.2, -0.15) is 0 Å². The maximum Gasteiger partial charge on any atom is 0.355 e. The van der Waals surface area contributed by atoms with Crippen LogP contribution in [0.15, 0.2) is 53.2 Å². The van der Waals surface area contributed by atoms with Crippen molar-refractivity contribution in [2.45, 2.75) is 20.0 Å². The third kappa shape index (κ3) is 5.73. The van der Waals surface area contributed by atoms with Gasteiger partial charge in [0.2, 0.25) is 5.75 Å². The number of carboxylic acids is 1. The SMILES string of the molecule is Cc1ccc(C(=O)NCCc2nc(-c3nc(C(=O)O)cs3)cs2)c([N+](=O)[O-])c1OCc1ccccc1. The van der Waals surface area contributed by atoms with Gasteiger partial charge in [0.1, 0.15) is 22.9 Å². The van der Waals surface area contributed by atoms with Crippen molar-refractivity contribution in [1.82, 2.24) is 15.3 Å². The van der Waals surface area contributed by atoms with E-state index in [1.165, 1.54) is 34.1 Å². The third-order valence-electron chi connectivity index (χ3n) is 5.10. The first kappa shape index (κ1) is 24.9. The number of rotatable bonds is 10. The van der Waals surface area contributed by atoms with Crippen molar-refractivity contribution in [3.05, 3.63) is 90.7 Å². The minimum Gasteiger partial charge on any atom is -0.482 e. The first-order chi connectivity index (χ1) is 17.3. The number of nitrogens with zero attached hydrogens (tertiary/aromatic N) is 3. The molecule has 0 saturated heterocycles. The molecule has 12 heteroatoms. The highest BCUT2D eigenvalue weighted by atomic mass is 32.1. The minimum absolute atomic E-state index is 0.0383. The predicted octanol–water partition coefficient (Wildman–Crippen LogP) is 4.73. The molecule has 0 aliphatic carbocycles. The van der Waals surface area contributed by atoms with Crippen LogP contribution in [-0.2, 0) is 13.0 Å². The number of carbonyl (C=O) groups excluding carboxylic acids is 1. The van der Waals surface area contributed by atoms with Crippen molar-refractivity contribution in [1.29, 1.82) is 0 Å². The molecule has 1 amide bonds. The fourth-order valence-corrected chi connectivity index (χ4v) is 4.95. The molecule has 0 aliphatic rings. The van der Waals surface area contributed by atoms with E-state index >= 15 is 0 Å². The number of carboxylic acid groups (broad SMARTS) is 1. The van der Waals surface area contributed by atoms with Crippen molar-refractivity contribution >= 4 is 40.2 Å². The average molecular weight is 525 g/mol. The maximum absolute atomic E-state index is 12.8. The van der Waals surface area contributed by atoms with Crippen LogP contribution in [0, 0.1) is 17.0 Å². The van der Waals surface area contributed by atoms with Crippen molar-refractivity contribution < 1.29 is 24.4 Å². The summed E-state index contributed by atoms with van der Waals surface area (Å²) in [6, 6.07) is 12.3. The number of thiazole rings is 2. The van der Waals surface area contributed by atoms with E-state index in [0.717, 1.165) is 5.56 Å². The Bertz CT molecular complexity index is 1420. The molecule has 0 radical (unpaired) electrons. The van der Waals surface area contributed by atoms with Crippen LogP contribution in [0.5, 0.6) is 5.75 Å². The lowest BCUT2D eigenvalue weighted by Gasteiger charge is -2.12. The second kappa shape index (κ2) is 11.1. The molecule has 4 aromatic rings. The summed E-state index contributed by atoms with van der Waals surface area (Å²) in [7, 11) is 0. The van der Waals surface area contributed by atoms with Crippen LogP contribution in [0.4, 0.5) is 5.69 Å². The molecule has 0 fully saturated rings. The lowest BCUT2D eigenvalue weighted by molar-refractivity contribution is -0.386. The molecule has 0 atom stereocenters. The van der Waals surface area contributed by atoms with Gasteiger partial charge in [-0.05, 0) is 24.1 Å². The number of carbonyl (C=O) groups is 2. The molecule has 2 aromatic heterocycles. The molecule has 2 N–H and O–H groups in total. The van der Waals surface area contributed by atoms with Gasteiger partial charge >= 0.3 is 11.7 Å². The van der Waals surface area contributed by atoms with Crippen LogP contribution in [0.2, 0.25) is 0 Å². The molecule has 0 saturated carbocycles. The van der Waals surface area contributed by atoms with E-state index in [9.17, 15) is 19.7 Å². The molecular formula is C24H20N4O6S2. The molecule has 0 aliphatic heterocycles. The zero-order valence-corrected chi connectivity index (χ0v) is 20.6. The summed E-state index contributed by atoms with van der Waals surface area (Å²) in [4.78, 5) is 43.6. The third-order valence-corrected chi connectivity index (χ3v) is 6.87. The second-order valence-corrected chi connectivity index (χ2v) is 9.42. The number of benzene rings is 2. The first-order valence-corrected chi connectivity index (χ1v) is 12.5.